The summed E-state index contributed by atoms with van der Waals surface area (Å²) >= 11 is 0. The minimum atomic E-state index is -4.45. The summed E-state index contributed by atoms with van der Waals surface area (Å²) in [6.07, 6.45) is -3.57. The summed E-state index contributed by atoms with van der Waals surface area (Å²) in [5.74, 6) is -0.0823. The SMILES string of the molecule is O=C1CCc2cc(NC(=O)NCC(F)(F)F)ccc2N1. The van der Waals surface area contributed by atoms with Gasteiger partial charge in [0.05, 0.1) is 0 Å². The molecule has 5 nitrogen and oxygen atoms in total. The lowest BCUT2D eigenvalue weighted by Crippen LogP contribution is -2.36. The molecule has 0 atom stereocenters. The Morgan fingerprint density at radius 1 is 1.30 bits per heavy atom. The molecule has 0 saturated carbocycles. The fourth-order valence-corrected chi connectivity index (χ4v) is 1.82. The average Bonchev–Trinajstić information content (AvgIpc) is 2.36. The molecule has 0 unspecified atom stereocenters. The molecule has 0 saturated heterocycles. The second kappa shape index (κ2) is 5.40. The normalized spacial score (nSPS) is 14.2. The number of alkyl halides is 3. The van der Waals surface area contributed by atoms with E-state index in [1.54, 1.807) is 17.4 Å². The number of anilines is 2. The van der Waals surface area contributed by atoms with E-state index in [-0.39, 0.29) is 5.91 Å². The lowest BCUT2D eigenvalue weighted by Gasteiger charge is -2.18. The van der Waals surface area contributed by atoms with E-state index in [1.807, 2.05) is 0 Å². The number of aryl methyl sites for hydroxylation is 1. The van der Waals surface area contributed by atoms with Crippen LogP contribution in [0.25, 0.3) is 0 Å². The van der Waals surface area contributed by atoms with Crippen LogP contribution in [0.3, 0.4) is 0 Å². The van der Waals surface area contributed by atoms with Crippen molar-refractivity contribution < 1.29 is 22.8 Å². The van der Waals surface area contributed by atoms with Gasteiger partial charge >= 0.3 is 12.2 Å². The molecular formula is C12H12F3N3O2. The van der Waals surface area contributed by atoms with Gasteiger partial charge < -0.3 is 16.0 Å². The van der Waals surface area contributed by atoms with E-state index in [4.69, 9.17) is 0 Å². The van der Waals surface area contributed by atoms with Gasteiger partial charge in [0.25, 0.3) is 0 Å². The van der Waals surface area contributed by atoms with E-state index in [0.717, 1.165) is 5.56 Å². The number of amides is 3. The minimum absolute atomic E-state index is 0.0823. The van der Waals surface area contributed by atoms with Crippen molar-refractivity contribution in [3.8, 4) is 0 Å². The Balaban J connectivity index is 1.97. The number of hydrogen-bond acceptors (Lipinski definition) is 2. The molecule has 0 radical (unpaired) electrons. The number of carbonyl (C=O) groups excluding carboxylic acids is 2. The maximum absolute atomic E-state index is 11.9. The lowest BCUT2D eigenvalue weighted by atomic mass is 10.0. The van der Waals surface area contributed by atoms with Crippen LogP contribution >= 0.6 is 0 Å². The van der Waals surface area contributed by atoms with Gasteiger partial charge in [-0.15, -0.1) is 0 Å². The summed E-state index contributed by atoms with van der Waals surface area (Å²) in [7, 11) is 0. The van der Waals surface area contributed by atoms with Crippen LogP contribution in [-0.4, -0.2) is 24.7 Å². The fourth-order valence-electron chi connectivity index (χ4n) is 1.82. The van der Waals surface area contributed by atoms with Gasteiger partial charge in [-0.05, 0) is 30.2 Å². The first kappa shape index (κ1) is 14.2. The standard InChI is InChI=1S/C12H12F3N3O2/c13-12(14,15)6-16-11(20)17-8-2-3-9-7(5-8)1-4-10(19)18-9/h2-3,5H,1,4,6H2,(H,18,19)(H2,16,17,20). The summed E-state index contributed by atoms with van der Waals surface area (Å²) in [6, 6.07) is 3.81. The Morgan fingerprint density at radius 2 is 2.05 bits per heavy atom. The van der Waals surface area contributed by atoms with E-state index < -0.39 is 18.8 Å². The van der Waals surface area contributed by atoms with Gasteiger partial charge in [0, 0.05) is 17.8 Å². The second-order valence-corrected chi connectivity index (χ2v) is 4.34. The van der Waals surface area contributed by atoms with E-state index in [1.165, 1.54) is 6.07 Å². The highest BCUT2D eigenvalue weighted by Gasteiger charge is 2.27. The number of fused-ring (bicyclic) bond motifs is 1. The number of urea groups is 1. The molecule has 1 aliphatic rings. The molecule has 8 heteroatoms. The third-order valence-electron chi connectivity index (χ3n) is 2.71. The van der Waals surface area contributed by atoms with Gasteiger partial charge in [0.2, 0.25) is 5.91 Å². The van der Waals surface area contributed by atoms with E-state index in [9.17, 15) is 22.8 Å². The third kappa shape index (κ3) is 3.87. The van der Waals surface area contributed by atoms with Gasteiger partial charge in [0.15, 0.2) is 0 Å². The van der Waals surface area contributed by atoms with Crippen LogP contribution in [0, 0.1) is 0 Å². The van der Waals surface area contributed by atoms with Crippen molar-refractivity contribution in [2.75, 3.05) is 17.2 Å². The van der Waals surface area contributed by atoms with Crippen LogP contribution < -0.4 is 16.0 Å². The Labute approximate surface area is 112 Å². The lowest BCUT2D eigenvalue weighted by molar-refractivity contribution is -0.122. The van der Waals surface area contributed by atoms with Crippen LogP contribution in [0.5, 0.6) is 0 Å². The van der Waals surface area contributed by atoms with Crippen molar-refractivity contribution in [1.29, 1.82) is 0 Å². The molecule has 1 heterocycles. The summed E-state index contributed by atoms with van der Waals surface area (Å²) in [5, 5.41) is 6.70. The molecule has 0 fully saturated rings. The molecule has 0 spiro atoms. The average molecular weight is 287 g/mol. The van der Waals surface area contributed by atoms with Gasteiger partial charge in [-0.2, -0.15) is 13.2 Å². The predicted molar refractivity (Wildman–Crippen MR) is 66.5 cm³/mol. The fraction of sp³-hybridized carbons (Fsp3) is 0.333. The van der Waals surface area contributed by atoms with Crippen LogP contribution in [0.2, 0.25) is 0 Å². The monoisotopic (exact) mass is 287 g/mol. The number of hydrogen-bond donors (Lipinski definition) is 3. The van der Waals surface area contributed by atoms with Crippen molar-refractivity contribution in [1.82, 2.24) is 5.32 Å². The zero-order valence-corrected chi connectivity index (χ0v) is 10.3. The highest BCUT2D eigenvalue weighted by Crippen LogP contribution is 2.25. The molecule has 3 N–H and O–H groups in total. The predicted octanol–water partition coefficient (Wildman–Crippen LogP) is 2.26. The van der Waals surface area contributed by atoms with E-state index in [0.29, 0.717) is 24.2 Å². The number of rotatable bonds is 2. The second-order valence-electron chi connectivity index (χ2n) is 4.34. The minimum Gasteiger partial charge on any atom is -0.329 e. The summed E-state index contributed by atoms with van der Waals surface area (Å²) in [5.41, 5.74) is 1.86. The molecule has 0 bridgehead atoms. The molecule has 2 rings (SSSR count). The molecule has 1 aromatic carbocycles. The first-order valence-corrected chi connectivity index (χ1v) is 5.88. The maximum atomic E-state index is 11.9. The zero-order valence-electron chi connectivity index (χ0n) is 10.3. The maximum Gasteiger partial charge on any atom is 0.405 e. The number of carbonyl (C=O) groups is 2. The van der Waals surface area contributed by atoms with Gasteiger partial charge in [-0.1, -0.05) is 0 Å². The van der Waals surface area contributed by atoms with Crippen LogP contribution in [0.1, 0.15) is 12.0 Å². The zero-order chi connectivity index (χ0) is 14.8. The van der Waals surface area contributed by atoms with E-state index in [2.05, 4.69) is 10.6 Å². The van der Waals surface area contributed by atoms with Crippen molar-refractivity contribution in [3.63, 3.8) is 0 Å². The smallest absolute Gasteiger partial charge is 0.329 e. The van der Waals surface area contributed by atoms with Crippen molar-refractivity contribution in [2.45, 2.75) is 19.0 Å². The van der Waals surface area contributed by atoms with Crippen molar-refractivity contribution in [3.05, 3.63) is 23.8 Å². The highest BCUT2D eigenvalue weighted by molar-refractivity contribution is 5.95. The van der Waals surface area contributed by atoms with Crippen molar-refractivity contribution >= 4 is 23.3 Å². The molecule has 108 valence electrons. The van der Waals surface area contributed by atoms with E-state index >= 15 is 0 Å². The molecule has 1 aliphatic heterocycles. The molecule has 0 aromatic heterocycles. The Morgan fingerprint density at radius 3 is 2.75 bits per heavy atom. The highest BCUT2D eigenvalue weighted by atomic mass is 19.4. The molecule has 0 aliphatic carbocycles. The van der Waals surface area contributed by atoms with Gasteiger partial charge in [-0.25, -0.2) is 4.79 Å². The van der Waals surface area contributed by atoms with Gasteiger partial charge in [-0.3, -0.25) is 4.79 Å². The van der Waals surface area contributed by atoms with Crippen molar-refractivity contribution in [2.24, 2.45) is 0 Å². The number of halogens is 3. The largest absolute Gasteiger partial charge is 0.405 e. The third-order valence-corrected chi connectivity index (χ3v) is 2.71. The number of benzene rings is 1. The van der Waals surface area contributed by atoms with Crippen LogP contribution in [-0.2, 0) is 11.2 Å². The van der Waals surface area contributed by atoms with Gasteiger partial charge in [0.1, 0.15) is 6.54 Å². The quantitative estimate of drug-likeness (QED) is 0.780. The Hall–Kier alpha value is -2.25. The first-order valence-electron chi connectivity index (χ1n) is 5.88. The Kier molecular flexibility index (Phi) is 3.82. The topological polar surface area (TPSA) is 70.2 Å². The molecular weight excluding hydrogens is 275 g/mol. The summed E-state index contributed by atoms with van der Waals surface area (Å²) < 4.78 is 35.8. The summed E-state index contributed by atoms with van der Waals surface area (Å²) in [4.78, 5) is 22.5. The first-order chi connectivity index (χ1) is 9.33. The molecule has 3 amide bonds. The molecule has 1 aromatic rings. The Bertz CT molecular complexity index is 543. The van der Waals surface area contributed by atoms with Crippen LogP contribution in [0.4, 0.5) is 29.3 Å². The summed E-state index contributed by atoms with van der Waals surface area (Å²) in [6.45, 7) is -1.39. The number of nitrogens with one attached hydrogen (secondary N) is 3. The van der Waals surface area contributed by atoms with Crippen LogP contribution in [0.15, 0.2) is 18.2 Å². The molecule has 20 heavy (non-hydrogen) atoms.